The van der Waals surface area contributed by atoms with Gasteiger partial charge in [0, 0.05) is 15.6 Å². The number of ether oxygens (including phenoxy) is 1. The van der Waals surface area contributed by atoms with Crippen LogP contribution in [0.3, 0.4) is 0 Å². The summed E-state index contributed by atoms with van der Waals surface area (Å²) >= 11 is 3.47. The van der Waals surface area contributed by atoms with E-state index in [0.29, 0.717) is 17.9 Å². The van der Waals surface area contributed by atoms with Gasteiger partial charge in [0.15, 0.2) is 0 Å². The number of halogens is 1. The molecule has 0 heterocycles. The number of amides is 1. The first-order valence-electron chi connectivity index (χ1n) is 9.73. The number of benzene rings is 3. The van der Waals surface area contributed by atoms with E-state index in [-0.39, 0.29) is 11.3 Å². The highest BCUT2D eigenvalue weighted by Gasteiger charge is 2.14. The summed E-state index contributed by atoms with van der Waals surface area (Å²) in [4.78, 5) is 12.4. The lowest BCUT2D eigenvalue weighted by atomic mass is 9.87. The van der Waals surface area contributed by atoms with Crippen molar-refractivity contribution in [3.05, 3.63) is 99.5 Å². The molecule has 0 fully saturated rings. The number of nitrogens with zero attached hydrogens (tertiary/aromatic N) is 1. The zero-order valence-corrected chi connectivity index (χ0v) is 18.9. The van der Waals surface area contributed by atoms with Gasteiger partial charge in [0.05, 0.1) is 6.21 Å². The van der Waals surface area contributed by atoms with E-state index in [0.717, 1.165) is 15.6 Å². The summed E-state index contributed by atoms with van der Waals surface area (Å²) in [5.41, 5.74) is 6.23. The largest absolute Gasteiger partial charge is 0.488 e. The van der Waals surface area contributed by atoms with Crippen LogP contribution in [-0.4, -0.2) is 12.1 Å². The quantitative estimate of drug-likeness (QED) is 0.354. The third-order valence-corrected chi connectivity index (χ3v) is 5.08. The third-order valence-electron chi connectivity index (χ3n) is 4.59. The molecule has 1 amide bonds. The van der Waals surface area contributed by atoms with Crippen molar-refractivity contribution in [2.75, 3.05) is 0 Å². The van der Waals surface area contributed by atoms with Gasteiger partial charge in [-0.25, -0.2) is 5.43 Å². The zero-order valence-electron chi connectivity index (χ0n) is 17.4. The molecular formula is C25H25BrN2O2. The molecule has 154 valence electrons. The minimum atomic E-state index is -0.251. The standard InChI is InChI=1S/C25H25BrN2O2/c1-25(2,3)21-13-11-19(12-14-21)24(29)28-27-16-20-8-4-5-10-23(20)30-17-18-7-6-9-22(26)15-18/h4-16H,17H2,1-3H3,(H,28,29)/b27-16+. The van der Waals surface area contributed by atoms with E-state index >= 15 is 0 Å². The second-order valence-corrected chi connectivity index (χ2v) is 8.90. The van der Waals surface area contributed by atoms with Gasteiger partial charge in [-0.05, 0) is 52.9 Å². The first kappa shape index (κ1) is 21.8. The van der Waals surface area contributed by atoms with E-state index in [1.165, 1.54) is 5.56 Å². The first-order chi connectivity index (χ1) is 14.3. The predicted molar refractivity (Wildman–Crippen MR) is 125 cm³/mol. The van der Waals surface area contributed by atoms with Crippen molar-refractivity contribution in [2.45, 2.75) is 32.8 Å². The average Bonchev–Trinajstić information content (AvgIpc) is 2.72. The van der Waals surface area contributed by atoms with Crippen molar-refractivity contribution in [1.29, 1.82) is 0 Å². The van der Waals surface area contributed by atoms with Gasteiger partial charge in [-0.3, -0.25) is 4.79 Å². The molecule has 0 aliphatic heterocycles. The van der Waals surface area contributed by atoms with E-state index in [1.807, 2.05) is 72.8 Å². The molecule has 3 aromatic carbocycles. The van der Waals surface area contributed by atoms with E-state index in [2.05, 4.69) is 47.2 Å². The fourth-order valence-corrected chi connectivity index (χ4v) is 3.30. The van der Waals surface area contributed by atoms with Crippen molar-refractivity contribution in [1.82, 2.24) is 5.43 Å². The molecule has 0 radical (unpaired) electrons. The molecule has 3 aromatic rings. The van der Waals surface area contributed by atoms with E-state index in [4.69, 9.17) is 4.74 Å². The van der Waals surface area contributed by atoms with Crippen LogP contribution in [0.5, 0.6) is 5.75 Å². The summed E-state index contributed by atoms with van der Waals surface area (Å²) in [6.07, 6.45) is 1.59. The van der Waals surface area contributed by atoms with E-state index in [1.54, 1.807) is 6.21 Å². The van der Waals surface area contributed by atoms with Gasteiger partial charge in [0.25, 0.3) is 5.91 Å². The maximum absolute atomic E-state index is 12.4. The molecule has 0 saturated carbocycles. The molecular weight excluding hydrogens is 440 g/mol. The summed E-state index contributed by atoms with van der Waals surface area (Å²) in [6.45, 7) is 6.87. The third kappa shape index (κ3) is 6.04. The number of rotatable bonds is 6. The highest BCUT2D eigenvalue weighted by molar-refractivity contribution is 9.10. The number of hydrazone groups is 1. The molecule has 0 aliphatic carbocycles. The van der Waals surface area contributed by atoms with Crippen LogP contribution in [0.15, 0.2) is 82.4 Å². The van der Waals surface area contributed by atoms with Crippen LogP contribution in [0.1, 0.15) is 47.8 Å². The smallest absolute Gasteiger partial charge is 0.271 e. The Bertz CT molecular complexity index is 1040. The summed E-state index contributed by atoms with van der Waals surface area (Å²) in [6, 6.07) is 23.1. The van der Waals surface area contributed by atoms with Crippen LogP contribution < -0.4 is 10.2 Å². The maximum atomic E-state index is 12.4. The highest BCUT2D eigenvalue weighted by atomic mass is 79.9. The minimum Gasteiger partial charge on any atom is -0.488 e. The second kappa shape index (κ2) is 9.72. The Morgan fingerprint density at radius 3 is 2.47 bits per heavy atom. The van der Waals surface area contributed by atoms with Crippen LogP contribution in [-0.2, 0) is 12.0 Å². The Morgan fingerprint density at radius 1 is 1.03 bits per heavy atom. The summed E-state index contributed by atoms with van der Waals surface area (Å²) in [5, 5.41) is 4.11. The fraction of sp³-hybridized carbons (Fsp3) is 0.200. The fourth-order valence-electron chi connectivity index (χ4n) is 2.85. The molecule has 0 aliphatic rings. The van der Waals surface area contributed by atoms with Crippen molar-refractivity contribution < 1.29 is 9.53 Å². The lowest BCUT2D eigenvalue weighted by Gasteiger charge is -2.18. The van der Waals surface area contributed by atoms with E-state index < -0.39 is 0 Å². The number of hydrogen-bond acceptors (Lipinski definition) is 3. The van der Waals surface area contributed by atoms with Crippen molar-refractivity contribution in [3.63, 3.8) is 0 Å². The van der Waals surface area contributed by atoms with Crippen molar-refractivity contribution >= 4 is 28.1 Å². The summed E-state index contributed by atoms with van der Waals surface area (Å²) in [5.74, 6) is 0.448. The van der Waals surface area contributed by atoms with Gasteiger partial charge < -0.3 is 4.74 Å². The SMILES string of the molecule is CC(C)(C)c1ccc(C(=O)N/N=C/c2ccccc2OCc2cccc(Br)c2)cc1. The molecule has 0 aromatic heterocycles. The monoisotopic (exact) mass is 464 g/mol. The van der Waals surface area contributed by atoms with Gasteiger partial charge in [-0.15, -0.1) is 0 Å². The Morgan fingerprint density at radius 2 is 1.77 bits per heavy atom. The van der Waals surface area contributed by atoms with Crippen LogP contribution in [0.2, 0.25) is 0 Å². The zero-order chi connectivity index (χ0) is 21.6. The lowest BCUT2D eigenvalue weighted by Crippen LogP contribution is -2.18. The van der Waals surface area contributed by atoms with Crippen LogP contribution >= 0.6 is 15.9 Å². The number of para-hydroxylation sites is 1. The molecule has 0 atom stereocenters. The van der Waals surface area contributed by atoms with Gasteiger partial charge in [0.1, 0.15) is 12.4 Å². The summed E-state index contributed by atoms with van der Waals surface area (Å²) in [7, 11) is 0. The topological polar surface area (TPSA) is 50.7 Å². The lowest BCUT2D eigenvalue weighted by molar-refractivity contribution is 0.0955. The molecule has 0 bridgehead atoms. The Hall–Kier alpha value is -2.92. The molecule has 4 nitrogen and oxygen atoms in total. The van der Waals surface area contributed by atoms with Gasteiger partial charge in [-0.1, -0.05) is 73.1 Å². The molecule has 5 heteroatoms. The van der Waals surface area contributed by atoms with E-state index in [9.17, 15) is 4.79 Å². The highest BCUT2D eigenvalue weighted by Crippen LogP contribution is 2.22. The van der Waals surface area contributed by atoms with Crippen LogP contribution in [0.4, 0.5) is 0 Å². The Kier molecular flexibility index (Phi) is 7.06. The van der Waals surface area contributed by atoms with Crippen molar-refractivity contribution in [2.24, 2.45) is 5.10 Å². The normalized spacial score (nSPS) is 11.5. The number of hydrogen-bond donors (Lipinski definition) is 1. The van der Waals surface area contributed by atoms with Gasteiger partial charge in [-0.2, -0.15) is 5.10 Å². The molecule has 1 N–H and O–H groups in total. The molecule has 30 heavy (non-hydrogen) atoms. The molecule has 0 unspecified atom stereocenters. The molecule has 3 rings (SSSR count). The van der Waals surface area contributed by atoms with Crippen LogP contribution in [0.25, 0.3) is 0 Å². The first-order valence-corrected chi connectivity index (χ1v) is 10.5. The minimum absolute atomic E-state index is 0.0483. The Balaban J connectivity index is 1.63. The predicted octanol–water partition coefficient (Wildman–Crippen LogP) is 6.09. The van der Waals surface area contributed by atoms with Gasteiger partial charge >= 0.3 is 0 Å². The van der Waals surface area contributed by atoms with Crippen molar-refractivity contribution in [3.8, 4) is 5.75 Å². The summed E-state index contributed by atoms with van der Waals surface area (Å²) < 4.78 is 6.95. The average molecular weight is 465 g/mol. The maximum Gasteiger partial charge on any atom is 0.271 e. The van der Waals surface area contributed by atoms with Gasteiger partial charge in [0.2, 0.25) is 0 Å². The number of carbonyl (C=O) groups is 1. The number of carbonyl (C=O) groups excluding carboxylic acids is 1. The Labute approximate surface area is 186 Å². The molecule has 0 saturated heterocycles. The molecule has 0 spiro atoms. The number of nitrogens with one attached hydrogen (secondary N) is 1. The van der Waals surface area contributed by atoms with Crippen LogP contribution in [0, 0.1) is 0 Å². The second-order valence-electron chi connectivity index (χ2n) is 7.98.